The molecule has 0 aliphatic carbocycles. The number of aromatic nitrogens is 2. The predicted octanol–water partition coefficient (Wildman–Crippen LogP) is 6.75. The van der Waals surface area contributed by atoms with Crippen molar-refractivity contribution in [2.75, 3.05) is 0 Å². The molecule has 0 aromatic carbocycles. The third kappa shape index (κ3) is 5.04. The molecule has 1 aromatic rings. The van der Waals surface area contributed by atoms with Gasteiger partial charge in [0.25, 0.3) is 0 Å². The van der Waals surface area contributed by atoms with Crippen molar-refractivity contribution in [3.63, 3.8) is 0 Å². The quantitative estimate of drug-likeness (QED) is 0.447. The molecule has 1 rings (SSSR count). The molecule has 1 heterocycles. The zero-order valence-electron chi connectivity index (χ0n) is 17.3. The average molecular weight is 333 g/mol. The first kappa shape index (κ1) is 21.1. The molecule has 0 radical (unpaired) electrons. The van der Waals surface area contributed by atoms with E-state index in [1.54, 1.807) is 0 Å². The van der Waals surface area contributed by atoms with Crippen LogP contribution >= 0.6 is 0 Å². The van der Waals surface area contributed by atoms with Gasteiger partial charge in [-0.15, -0.1) is 0 Å². The van der Waals surface area contributed by atoms with Gasteiger partial charge in [0, 0.05) is 22.9 Å². The molecule has 1 atom stereocenters. The molecular weight excluding hydrogens is 292 g/mol. The number of unbranched alkanes of at least 4 members (excludes halogenated alkanes) is 2. The number of hydrogen-bond donors (Lipinski definition) is 0. The Hall–Kier alpha value is -0.920. The molecule has 0 bridgehead atoms. The van der Waals surface area contributed by atoms with Crippen LogP contribution in [0.15, 0.2) is 0 Å². The molecule has 0 aliphatic heterocycles. The summed E-state index contributed by atoms with van der Waals surface area (Å²) in [4.78, 5) is 10.2. The summed E-state index contributed by atoms with van der Waals surface area (Å²) in [7, 11) is 0. The predicted molar refractivity (Wildman–Crippen MR) is 106 cm³/mol. The summed E-state index contributed by atoms with van der Waals surface area (Å²) in [5.41, 5.74) is 4.39. The number of nitrogens with zero attached hydrogens (tertiary/aromatic N) is 2. The highest BCUT2D eigenvalue weighted by atomic mass is 14.9. The van der Waals surface area contributed by atoms with Crippen LogP contribution in [0.5, 0.6) is 0 Å². The molecule has 0 amide bonds. The van der Waals surface area contributed by atoms with Gasteiger partial charge >= 0.3 is 0 Å². The lowest BCUT2D eigenvalue weighted by molar-refractivity contribution is 0.422. The maximum Gasteiger partial charge on any atom is 0.131 e. The van der Waals surface area contributed by atoms with E-state index in [0.717, 1.165) is 37.9 Å². The lowest BCUT2D eigenvalue weighted by atomic mass is 9.74. The monoisotopic (exact) mass is 332 g/mol. The fourth-order valence-electron chi connectivity index (χ4n) is 3.33. The van der Waals surface area contributed by atoms with Crippen molar-refractivity contribution in [3.05, 3.63) is 22.8 Å². The van der Waals surface area contributed by atoms with Crippen LogP contribution in [0.4, 0.5) is 0 Å². The standard InChI is InChI=1S/C22H40N2/c1-8-13-15-18-20(22(7,11-4)12-5)19(16-14-9-2)24-21(23-18)17(6)10-3/h17H,8-16H2,1-7H3. The smallest absolute Gasteiger partial charge is 0.131 e. The Kier molecular flexibility index (Phi) is 8.94. The van der Waals surface area contributed by atoms with Gasteiger partial charge in [-0.25, -0.2) is 9.97 Å². The normalized spacial score (nSPS) is 13.3. The summed E-state index contributed by atoms with van der Waals surface area (Å²) in [6, 6.07) is 0. The van der Waals surface area contributed by atoms with E-state index < -0.39 is 0 Å². The third-order valence-electron chi connectivity index (χ3n) is 5.83. The lowest BCUT2D eigenvalue weighted by Crippen LogP contribution is -2.27. The molecule has 138 valence electrons. The summed E-state index contributed by atoms with van der Waals surface area (Å²) >= 11 is 0. The molecule has 0 saturated heterocycles. The Labute approximate surface area is 150 Å². The van der Waals surface area contributed by atoms with E-state index in [-0.39, 0.29) is 5.41 Å². The van der Waals surface area contributed by atoms with Crippen molar-refractivity contribution >= 4 is 0 Å². The molecule has 0 fully saturated rings. The van der Waals surface area contributed by atoms with E-state index in [4.69, 9.17) is 9.97 Å². The summed E-state index contributed by atoms with van der Waals surface area (Å²) < 4.78 is 0. The molecule has 1 unspecified atom stereocenters. The van der Waals surface area contributed by atoms with Crippen LogP contribution in [0.1, 0.15) is 122 Å². The third-order valence-corrected chi connectivity index (χ3v) is 5.83. The Balaban J connectivity index is 3.52. The van der Waals surface area contributed by atoms with Gasteiger partial charge in [-0.2, -0.15) is 0 Å². The summed E-state index contributed by atoms with van der Waals surface area (Å²) in [5, 5.41) is 0. The summed E-state index contributed by atoms with van der Waals surface area (Å²) in [6.07, 6.45) is 10.5. The average Bonchev–Trinajstić information content (AvgIpc) is 2.62. The van der Waals surface area contributed by atoms with Crippen molar-refractivity contribution in [3.8, 4) is 0 Å². The molecule has 2 nitrogen and oxygen atoms in total. The van der Waals surface area contributed by atoms with Crippen LogP contribution < -0.4 is 0 Å². The van der Waals surface area contributed by atoms with Gasteiger partial charge in [0.15, 0.2) is 0 Å². The van der Waals surface area contributed by atoms with Gasteiger partial charge in [0.2, 0.25) is 0 Å². The molecule has 2 heteroatoms. The first-order chi connectivity index (χ1) is 11.5. The second kappa shape index (κ2) is 10.2. The Morgan fingerprint density at radius 1 is 0.833 bits per heavy atom. The van der Waals surface area contributed by atoms with Crippen molar-refractivity contribution in [1.82, 2.24) is 9.97 Å². The van der Waals surface area contributed by atoms with Gasteiger partial charge in [0.1, 0.15) is 5.82 Å². The number of hydrogen-bond acceptors (Lipinski definition) is 2. The van der Waals surface area contributed by atoms with Gasteiger partial charge in [0.05, 0.1) is 0 Å². The van der Waals surface area contributed by atoms with Gasteiger partial charge in [-0.05, 0) is 50.4 Å². The number of rotatable bonds is 11. The maximum absolute atomic E-state index is 5.10. The van der Waals surface area contributed by atoms with E-state index in [1.165, 1.54) is 42.6 Å². The van der Waals surface area contributed by atoms with E-state index in [0.29, 0.717) is 5.92 Å². The van der Waals surface area contributed by atoms with Crippen LogP contribution in [-0.4, -0.2) is 9.97 Å². The van der Waals surface area contributed by atoms with E-state index >= 15 is 0 Å². The van der Waals surface area contributed by atoms with Crippen LogP contribution in [0, 0.1) is 0 Å². The first-order valence-corrected chi connectivity index (χ1v) is 10.4. The molecule has 0 spiro atoms. The summed E-state index contributed by atoms with van der Waals surface area (Å²) in [5.74, 6) is 1.53. The van der Waals surface area contributed by atoms with Crippen molar-refractivity contribution < 1.29 is 0 Å². The van der Waals surface area contributed by atoms with Crippen LogP contribution in [-0.2, 0) is 18.3 Å². The molecule has 1 aromatic heterocycles. The minimum atomic E-state index is 0.208. The van der Waals surface area contributed by atoms with Gasteiger partial charge < -0.3 is 0 Å². The van der Waals surface area contributed by atoms with Crippen LogP contribution in [0.3, 0.4) is 0 Å². The molecule has 0 N–H and O–H groups in total. The highest BCUT2D eigenvalue weighted by Gasteiger charge is 2.30. The second-order valence-corrected chi connectivity index (χ2v) is 7.63. The van der Waals surface area contributed by atoms with Crippen molar-refractivity contribution in [2.24, 2.45) is 0 Å². The number of aryl methyl sites for hydroxylation is 2. The van der Waals surface area contributed by atoms with Gasteiger partial charge in [-0.1, -0.05) is 61.3 Å². The molecule has 0 aliphatic rings. The Bertz CT molecular complexity index is 460. The van der Waals surface area contributed by atoms with Gasteiger partial charge in [-0.3, -0.25) is 0 Å². The van der Waals surface area contributed by atoms with E-state index in [2.05, 4.69) is 48.5 Å². The summed E-state index contributed by atoms with van der Waals surface area (Å²) in [6.45, 7) is 16.1. The van der Waals surface area contributed by atoms with E-state index in [9.17, 15) is 0 Å². The van der Waals surface area contributed by atoms with Crippen LogP contribution in [0.2, 0.25) is 0 Å². The lowest BCUT2D eigenvalue weighted by Gasteiger charge is -2.32. The SMILES string of the molecule is CCCCc1nc(C(C)CC)nc(CCCC)c1C(C)(CC)CC. The van der Waals surface area contributed by atoms with Crippen LogP contribution in [0.25, 0.3) is 0 Å². The maximum atomic E-state index is 5.10. The highest BCUT2D eigenvalue weighted by molar-refractivity contribution is 5.35. The first-order valence-electron chi connectivity index (χ1n) is 10.4. The van der Waals surface area contributed by atoms with E-state index in [1.807, 2.05) is 0 Å². The minimum absolute atomic E-state index is 0.208. The molecule has 24 heavy (non-hydrogen) atoms. The van der Waals surface area contributed by atoms with Crippen molar-refractivity contribution in [1.29, 1.82) is 0 Å². The highest BCUT2D eigenvalue weighted by Crippen LogP contribution is 2.36. The zero-order chi connectivity index (χ0) is 18.2. The molecule has 0 saturated carbocycles. The van der Waals surface area contributed by atoms with Crippen molar-refractivity contribution in [2.45, 2.75) is 118 Å². The Morgan fingerprint density at radius 3 is 1.62 bits per heavy atom. The Morgan fingerprint density at radius 2 is 1.29 bits per heavy atom. The largest absolute Gasteiger partial charge is 0.237 e. The topological polar surface area (TPSA) is 25.8 Å². The minimum Gasteiger partial charge on any atom is -0.237 e. The second-order valence-electron chi connectivity index (χ2n) is 7.63. The molecular formula is C22H40N2. The zero-order valence-corrected chi connectivity index (χ0v) is 17.3. The fourth-order valence-corrected chi connectivity index (χ4v) is 3.33. The fraction of sp³-hybridized carbons (Fsp3) is 0.818.